The van der Waals surface area contributed by atoms with E-state index in [1.54, 1.807) is 0 Å². The molecule has 5 nitrogen and oxygen atoms in total. The van der Waals surface area contributed by atoms with Crippen molar-refractivity contribution in [2.24, 2.45) is 0 Å². The second-order valence-corrected chi connectivity index (χ2v) is 4.55. The number of nitrogens with one attached hydrogen (secondary N) is 2. The third-order valence-corrected chi connectivity index (χ3v) is 2.99. The van der Waals surface area contributed by atoms with E-state index in [2.05, 4.69) is 15.5 Å². The molecule has 0 bridgehead atoms. The van der Waals surface area contributed by atoms with Gasteiger partial charge in [0.25, 0.3) is 11.5 Å². The van der Waals surface area contributed by atoms with Crippen molar-refractivity contribution in [3.63, 3.8) is 0 Å². The molecule has 0 saturated carbocycles. The fraction of sp³-hybridized carbons (Fsp3) is 0. The van der Waals surface area contributed by atoms with Crippen LogP contribution < -0.4 is 10.9 Å². The molecule has 1 amide bonds. The van der Waals surface area contributed by atoms with Crippen molar-refractivity contribution in [2.45, 2.75) is 0 Å². The highest BCUT2D eigenvalue weighted by atomic mass is 127. The first-order valence-corrected chi connectivity index (χ1v) is 5.96. The van der Waals surface area contributed by atoms with E-state index >= 15 is 0 Å². The Labute approximate surface area is 115 Å². The third kappa shape index (κ3) is 2.92. The van der Waals surface area contributed by atoms with Crippen molar-refractivity contribution in [1.29, 1.82) is 0 Å². The van der Waals surface area contributed by atoms with Gasteiger partial charge in [-0.2, -0.15) is 5.10 Å². The number of amides is 1. The molecule has 0 atom stereocenters. The molecule has 0 aliphatic rings. The summed E-state index contributed by atoms with van der Waals surface area (Å²) in [6, 6.07) is 6.48. The predicted molar refractivity (Wildman–Crippen MR) is 71.9 cm³/mol. The van der Waals surface area contributed by atoms with Gasteiger partial charge in [-0.15, -0.1) is 0 Å². The van der Waals surface area contributed by atoms with E-state index in [1.165, 1.54) is 30.3 Å². The van der Waals surface area contributed by atoms with Gasteiger partial charge in [-0.3, -0.25) is 9.59 Å². The zero-order valence-electron chi connectivity index (χ0n) is 8.91. The summed E-state index contributed by atoms with van der Waals surface area (Å²) in [4.78, 5) is 22.7. The molecule has 0 unspecified atom stereocenters. The van der Waals surface area contributed by atoms with E-state index in [0.717, 1.165) is 0 Å². The van der Waals surface area contributed by atoms with Gasteiger partial charge < -0.3 is 5.32 Å². The van der Waals surface area contributed by atoms with Crippen LogP contribution in [0.1, 0.15) is 10.4 Å². The molecular formula is C11H7FIN3O2. The normalized spacial score (nSPS) is 10.1. The minimum atomic E-state index is -0.418. The summed E-state index contributed by atoms with van der Waals surface area (Å²) >= 11 is 1.87. The second-order valence-electron chi connectivity index (χ2n) is 3.38. The molecule has 2 aromatic rings. The van der Waals surface area contributed by atoms with Gasteiger partial charge in [0.15, 0.2) is 5.82 Å². The Hall–Kier alpha value is -1.77. The number of hydrogen-bond acceptors (Lipinski definition) is 3. The first-order chi connectivity index (χ1) is 8.56. The molecule has 0 aliphatic heterocycles. The molecule has 7 heteroatoms. The Morgan fingerprint density at radius 3 is 2.72 bits per heavy atom. The lowest BCUT2D eigenvalue weighted by Crippen LogP contribution is -2.16. The number of benzene rings is 1. The van der Waals surface area contributed by atoms with Crippen molar-refractivity contribution in [3.05, 3.63) is 55.6 Å². The molecule has 1 aromatic carbocycles. The molecule has 0 spiro atoms. The SMILES string of the molecule is O=C(Nc1ccc(=O)[nH]n1)c1ccc(F)cc1I. The zero-order valence-corrected chi connectivity index (χ0v) is 11.1. The van der Waals surface area contributed by atoms with Crippen molar-refractivity contribution in [3.8, 4) is 0 Å². The number of H-pyrrole nitrogens is 1. The standard InChI is InChI=1S/C11H7FIN3O2/c12-6-1-2-7(8(13)5-6)11(18)14-9-3-4-10(17)16-15-9/h1-5H,(H,16,17)(H,14,15,18). The van der Waals surface area contributed by atoms with Gasteiger partial charge >= 0.3 is 0 Å². The first kappa shape index (κ1) is 12.7. The van der Waals surface area contributed by atoms with Crippen LogP contribution in [-0.4, -0.2) is 16.1 Å². The molecule has 2 rings (SSSR count). The van der Waals surface area contributed by atoms with Crippen LogP contribution in [0.3, 0.4) is 0 Å². The molecule has 92 valence electrons. The van der Waals surface area contributed by atoms with E-state index in [-0.39, 0.29) is 11.4 Å². The van der Waals surface area contributed by atoms with Crippen LogP contribution >= 0.6 is 22.6 Å². The minimum Gasteiger partial charge on any atom is -0.305 e. The highest BCUT2D eigenvalue weighted by molar-refractivity contribution is 14.1. The molecular weight excluding hydrogens is 352 g/mol. The predicted octanol–water partition coefficient (Wildman–Crippen LogP) is 1.77. The number of rotatable bonds is 2. The first-order valence-electron chi connectivity index (χ1n) is 4.88. The van der Waals surface area contributed by atoms with Crippen LogP contribution in [0.5, 0.6) is 0 Å². The summed E-state index contributed by atoms with van der Waals surface area (Å²) in [5.41, 5.74) is -0.0191. The van der Waals surface area contributed by atoms with Crippen LogP contribution in [0, 0.1) is 9.39 Å². The fourth-order valence-corrected chi connectivity index (χ4v) is 1.99. The molecule has 0 aliphatic carbocycles. The third-order valence-electron chi connectivity index (χ3n) is 2.10. The smallest absolute Gasteiger partial charge is 0.264 e. The van der Waals surface area contributed by atoms with Crippen LogP contribution in [-0.2, 0) is 0 Å². The van der Waals surface area contributed by atoms with Gasteiger partial charge in [0, 0.05) is 9.64 Å². The lowest BCUT2D eigenvalue weighted by atomic mass is 10.2. The van der Waals surface area contributed by atoms with E-state index in [0.29, 0.717) is 9.13 Å². The largest absolute Gasteiger partial charge is 0.305 e. The van der Waals surface area contributed by atoms with Gasteiger partial charge in [-0.1, -0.05) is 0 Å². The number of nitrogens with zero attached hydrogens (tertiary/aromatic N) is 1. The minimum absolute atomic E-state index is 0.222. The summed E-state index contributed by atoms with van der Waals surface area (Å²) in [6.45, 7) is 0. The molecule has 1 aromatic heterocycles. The van der Waals surface area contributed by atoms with E-state index in [1.807, 2.05) is 22.6 Å². The number of carbonyl (C=O) groups excluding carboxylic acids is 1. The summed E-state index contributed by atoms with van der Waals surface area (Å²) in [5, 5.41) is 8.34. The van der Waals surface area contributed by atoms with Crippen LogP contribution in [0.25, 0.3) is 0 Å². The monoisotopic (exact) mass is 359 g/mol. The number of anilines is 1. The van der Waals surface area contributed by atoms with Gasteiger partial charge in [-0.25, -0.2) is 9.49 Å². The van der Waals surface area contributed by atoms with Crippen molar-refractivity contribution in [1.82, 2.24) is 10.2 Å². The Morgan fingerprint density at radius 2 is 2.11 bits per heavy atom. The maximum absolute atomic E-state index is 12.9. The highest BCUT2D eigenvalue weighted by Crippen LogP contribution is 2.15. The molecule has 2 N–H and O–H groups in total. The van der Waals surface area contributed by atoms with Gasteiger partial charge in [0.05, 0.1) is 5.56 Å². The van der Waals surface area contributed by atoms with Gasteiger partial charge in [-0.05, 0) is 46.9 Å². The topological polar surface area (TPSA) is 74.8 Å². The summed E-state index contributed by atoms with van der Waals surface area (Å²) in [5.74, 6) is -0.600. The Balaban J connectivity index is 2.22. The van der Waals surface area contributed by atoms with Crippen LogP contribution in [0.2, 0.25) is 0 Å². The molecule has 18 heavy (non-hydrogen) atoms. The Kier molecular flexibility index (Phi) is 3.70. The van der Waals surface area contributed by atoms with Crippen LogP contribution in [0.4, 0.5) is 10.2 Å². The number of aromatic amines is 1. The Bertz CT molecular complexity index is 636. The van der Waals surface area contributed by atoms with E-state index in [9.17, 15) is 14.0 Å². The van der Waals surface area contributed by atoms with Gasteiger partial charge in [0.2, 0.25) is 0 Å². The number of halogens is 2. The Morgan fingerprint density at radius 1 is 1.33 bits per heavy atom. The van der Waals surface area contributed by atoms with Crippen molar-refractivity contribution < 1.29 is 9.18 Å². The lowest BCUT2D eigenvalue weighted by Gasteiger charge is -2.05. The maximum Gasteiger partial charge on any atom is 0.264 e. The molecule has 0 saturated heterocycles. The lowest BCUT2D eigenvalue weighted by molar-refractivity contribution is 0.102. The zero-order chi connectivity index (χ0) is 13.1. The molecule has 1 heterocycles. The average Bonchev–Trinajstić information content (AvgIpc) is 2.32. The number of aromatic nitrogens is 2. The summed E-state index contributed by atoms with van der Waals surface area (Å²) in [7, 11) is 0. The van der Waals surface area contributed by atoms with Crippen LogP contribution in [0.15, 0.2) is 35.1 Å². The van der Waals surface area contributed by atoms with E-state index < -0.39 is 11.7 Å². The summed E-state index contributed by atoms with van der Waals surface area (Å²) in [6.07, 6.45) is 0. The highest BCUT2D eigenvalue weighted by Gasteiger charge is 2.11. The quantitative estimate of drug-likeness (QED) is 0.803. The average molecular weight is 359 g/mol. The van der Waals surface area contributed by atoms with Crippen molar-refractivity contribution in [2.75, 3.05) is 5.32 Å². The molecule has 0 fully saturated rings. The molecule has 0 radical (unpaired) electrons. The summed E-state index contributed by atoms with van der Waals surface area (Å²) < 4.78 is 13.4. The number of hydrogen-bond donors (Lipinski definition) is 2. The fourth-order valence-electron chi connectivity index (χ4n) is 1.27. The second kappa shape index (κ2) is 5.25. The maximum atomic E-state index is 12.9. The van der Waals surface area contributed by atoms with Crippen molar-refractivity contribution >= 4 is 34.3 Å². The van der Waals surface area contributed by atoms with Gasteiger partial charge in [0.1, 0.15) is 5.82 Å². The van der Waals surface area contributed by atoms with E-state index in [4.69, 9.17) is 0 Å². The number of carbonyl (C=O) groups is 1.